The first-order valence-corrected chi connectivity index (χ1v) is 10.2. The molecule has 0 unspecified atom stereocenters. The van der Waals surface area contributed by atoms with Crippen molar-refractivity contribution in [2.75, 3.05) is 0 Å². The molecule has 0 aliphatic heterocycles. The normalized spacial score (nSPS) is 11.8. The number of hydrogen-bond donors (Lipinski definition) is 1. The molecule has 30 heavy (non-hydrogen) atoms. The standard InChI is InChI=1S/C23H28N2O3.C2H6/c1-5-18(20-15-11-12-16-24-20)13-9-10-14-19(6-2)21(7-3)25(8-4)22(26)17-23(27)28;1-2/h5,7-9,11-13,15-16H,3-4,6,10,14,17H2,1-2H3,(H,27,28);1-2H3/b13-9-,18-5+,21-19+;. The molecule has 0 saturated carbocycles. The Bertz CT molecular complexity index is 790. The first-order valence-electron chi connectivity index (χ1n) is 10.2. The van der Waals surface area contributed by atoms with Gasteiger partial charge in [-0.3, -0.25) is 19.5 Å². The summed E-state index contributed by atoms with van der Waals surface area (Å²) in [6.07, 6.45) is 12.4. The number of amides is 1. The van der Waals surface area contributed by atoms with E-state index in [0.717, 1.165) is 36.1 Å². The number of allylic oxidation sites excluding steroid dienone is 6. The second-order valence-electron chi connectivity index (χ2n) is 5.96. The fourth-order valence-corrected chi connectivity index (χ4v) is 2.78. The third-order valence-electron chi connectivity index (χ3n) is 4.18. The quantitative estimate of drug-likeness (QED) is 0.351. The van der Waals surface area contributed by atoms with Gasteiger partial charge >= 0.3 is 5.97 Å². The molecule has 0 bridgehead atoms. The number of pyridine rings is 1. The lowest BCUT2D eigenvalue weighted by Gasteiger charge is -2.22. The van der Waals surface area contributed by atoms with Crippen molar-refractivity contribution in [3.63, 3.8) is 0 Å². The molecule has 0 aromatic carbocycles. The molecule has 1 aromatic heterocycles. The summed E-state index contributed by atoms with van der Waals surface area (Å²) in [6, 6.07) is 5.79. The number of carboxylic acids is 1. The number of aliphatic carboxylic acids is 1. The van der Waals surface area contributed by atoms with Gasteiger partial charge in [0.2, 0.25) is 5.91 Å². The van der Waals surface area contributed by atoms with Crippen molar-refractivity contribution >= 4 is 17.4 Å². The lowest BCUT2D eigenvalue weighted by Crippen LogP contribution is -2.27. The Balaban J connectivity index is 0.00000407. The van der Waals surface area contributed by atoms with Gasteiger partial charge in [-0.2, -0.15) is 0 Å². The molecule has 0 aliphatic carbocycles. The number of nitrogens with zero attached hydrogens (tertiary/aromatic N) is 2. The van der Waals surface area contributed by atoms with E-state index in [1.54, 1.807) is 12.3 Å². The molecule has 0 spiro atoms. The Morgan fingerprint density at radius 3 is 2.40 bits per heavy atom. The van der Waals surface area contributed by atoms with E-state index in [1.165, 1.54) is 11.1 Å². The van der Waals surface area contributed by atoms with Crippen molar-refractivity contribution in [2.24, 2.45) is 0 Å². The van der Waals surface area contributed by atoms with Gasteiger partial charge in [0.15, 0.2) is 0 Å². The maximum absolute atomic E-state index is 12.2. The van der Waals surface area contributed by atoms with E-state index in [4.69, 9.17) is 5.11 Å². The number of carbonyl (C=O) groups excluding carboxylic acids is 1. The number of rotatable bonds is 11. The minimum atomic E-state index is -1.17. The van der Waals surface area contributed by atoms with E-state index in [1.807, 2.05) is 58.0 Å². The molecule has 1 rings (SSSR count). The highest BCUT2D eigenvalue weighted by Gasteiger charge is 2.18. The Morgan fingerprint density at radius 1 is 1.23 bits per heavy atom. The van der Waals surface area contributed by atoms with Crippen LogP contribution < -0.4 is 0 Å². The van der Waals surface area contributed by atoms with E-state index in [-0.39, 0.29) is 0 Å². The van der Waals surface area contributed by atoms with Crippen molar-refractivity contribution < 1.29 is 14.7 Å². The Morgan fingerprint density at radius 2 is 1.93 bits per heavy atom. The summed E-state index contributed by atoms with van der Waals surface area (Å²) in [5.41, 5.74) is 3.57. The Labute approximate surface area is 180 Å². The van der Waals surface area contributed by atoms with Crippen LogP contribution in [0, 0.1) is 0 Å². The molecule has 1 N–H and O–H groups in total. The minimum absolute atomic E-state index is 0.537. The van der Waals surface area contributed by atoms with Crippen LogP contribution in [0.1, 0.15) is 59.1 Å². The van der Waals surface area contributed by atoms with Gasteiger partial charge in [0, 0.05) is 18.1 Å². The predicted octanol–water partition coefficient (Wildman–Crippen LogP) is 6.14. The number of hydrogen-bond acceptors (Lipinski definition) is 3. The molecule has 0 aliphatic rings. The number of carbonyl (C=O) groups is 2. The maximum Gasteiger partial charge on any atom is 0.312 e. The molecular weight excluding hydrogens is 376 g/mol. The second kappa shape index (κ2) is 15.7. The third-order valence-corrected chi connectivity index (χ3v) is 4.18. The van der Waals surface area contributed by atoms with Gasteiger partial charge in [0.25, 0.3) is 0 Å². The first-order chi connectivity index (χ1) is 14.5. The molecule has 0 atom stereocenters. The van der Waals surface area contributed by atoms with Crippen LogP contribution in [0.3, 0.4) is 0 Å². The Hall–Kier alpha value is -3.21. The number of carboxylic acid groups (broad SMARTS) is 1. The zero-order chi connectivity index (χ0) is 22.9. The van der Waals surface area contributed by atoms with Crippen molar-refractivity contribution in [1.82, 2.24) is 9.88 Å². The largest absolute Gasteiger partial charge is 0.481 e. The minimum Gasteiger partial charge on any atom is -0.481 e. The van der Waals surface area contributed by atoms with Gasteiger partial charge in [0.05, 0.1) is 5.69 Å². The monoisotopic (exact) mass is 410 g/mol. The first kappa shape index (κ1) is 26.8. The molecule has 5 heteroatoms. The molecular formula is C25H34N2O3. The molecule has 1 aromatic rings. The fourth-order valence-electron chi connectivity index (χ4n) is 2.78. The maximum atomic E-state index is 12.2. The van der Waals surface area contributed by atoms with E-state index in [0.29, 0.717) is 5.70 Å². The Kier molecular flexibility index (Phi) is 14.0. The SMILES string of the molecule is C=C/C(=C(/CC)CC/C=C\C(=C/C)c1ccccn1)N(C=C)C(=O)CC(=O)O.CC. The average Bonchev–Trinajstić information content (AvgIpc) is 2.76. The van der Waals surface area contributed by atoms with E-state index >= 15 is 0 Å². The highest BCUT2D eigenvalue weighted by molar-refractivity contribution is 5.94. The smallest absolute Gasteiger partial charge is 0.312 e. The van der Waals surface area contributed by atoms with Crippen molar-refractivity contribution in [3.05, 3.63) is 85.0 Å². The van der Waals surface area contributed by atoms with Gasteiger partial charge < -0.3 is 5.11 Å². The molecule has 0 saturated heterocycles. The summed E-state index contributed by atoms with van der Waals surface area (Å²) in [5.74, 6) is -1.71. The van der Waals surface area contributed by atoms with E-state index in [2.05, 4.69) is 24.2 Å². The van der Waals surface area contributed by atoms with E-state index < -0.39 is 18.3 Å². The summed E-state index contributed by atoms with van der Waals surface area (Å²) < 4.78 is 0. The van der Waals surface area contributed by atoms with Crippen LogP contribution in [0.2, 0.25) is 0 Å². The highest BCUT2D eigenvalue weighted by Crippen LogP contribution is 2.22. The lowest BCUT2D eigenvalue weighted by molar-refractivity contribution is -0.142. The summed E-state index contributed by atoms with van der Waals surface area (Å²) in [6.45, 7) is 15.4. The zero-order valence-corrected chi connectivity index (χ0v) is 18.6. The molecule has 0 radical (unpaired) electrons. The summed E-state index contributed by atoms with van der Waals surface area (Å²) in [7, 11) is 0. The molecule has 5 nitrogen and oxygen atoms in total. The van der Waals surface area contributed by atoms with Crippen molar-refractivity contribution in [1.29, 1.82) is 0 Å². The van der Waals surface area contributed by atoms with Crippen LogP contribution in [0.4, 0.5) is 0 Å². The molecule has 162 valence electrons. The van der Waals surface area contributed by atoms with Gasteiger partial charge in [-0.05, 0) is 55.5 Å². The zero-order valence-electron chi connectivity index (χ0n) is 18.6. The fraction of sp³-hybridized carbons (Fsp3) is 0.320. The van der Waals surface area contributed by atoms with Crippen LogP contribution in [-0.4, -0.2) is 26.9 Å². The van der Waals surface area contributed by atoms with Crippen molar-refractivity contribution in [2.45, 2.75) is 53.4 Å². The topological polar surface area (TPSA) is 70.5 Å². The van der Waals surface area contributed by atoms with Crippen LogP contribution in [-0.2, 0) is 9.59 Å². The molecule has 1 heterocycles. The summed E-state index contributed by atoms with van der Waals surface area (Å²) in [5, 5.41) is 8.88. The van der Waals surface area contributed by atoms with Gasteiger partial charge in [-0.15, -0.1) is 0 Å². The molecule has 0 fully saturated rings. The van der Waals surface area contributed by atoms with Gasteiger partial charge in [-0.1, -0.05) is 58.2 Å². The van der Waals surface area contributed by atoms with E-state index in [9.17, 15) is 9.59 Å². The third kappa shape index (κ3) is 8.86. The van der Waals surface area contributed by atoms with Crippen LogP contribution in [0.15, 0.2) is 79.3 Å². The van der Waals surface area contributed by atoms with Crippen LogP contribution in [0.25, 0.3) is 5.57 Å². The highest BCUT2D eigenvalue weighted by atomic mass is 16.4. The second-order valence-corrected chi connectivity index (χ2v) is 5.96. The predicted molar refractivity (Wildman–Crippen MR) is 124 cm³/mol. The van der Waals surface area contributed by atoms with Crippen molar-refractivity contribution in [3.8, 4) is 0 Å². The average molecular weight is 411 g/mol. The lowest BCUT2D eigenvalue weighted by atomic mass is 10.0. The van der Waals surface area contributed by atoms with Gasteiger partial charge in [-0.25, -0.2) is 0 Å². The summed E-state index contributed by atoms with van der Waals surface area (Å²) >= 11 is 0. The molecule has 1 amide bonds. The van der Waals surface area contributed by atoms with Crippen LogP contribution >= 0.6 is 0 Å². The van der Waals surface area contributed by atoms with Crippen LogP contribution in [0.5, 0.6) is 0 Å². The summed E-state index contributed by atoms with van der Waals surface area (Å²) in [4.78, 5) is 28.7. The number of aromatic nitrogens is 1. The van der Waals surface area contributed by atoms with Gasteiger partial charge in [0.1, 0.15) is 6.42 Å².